The number of hydrogen-bond donors (Lipinski definition) is 1. The molecule has 3 aromatic carbocycles. The van der Waals surface area contributed by atoms with Gasteiger partial charge in [0.15, 0.2) is 0 Å². The van der Waals surface area contributed by atoms with Crippen molar-refractivity contribution in [1.29, 1.82) is 0 Å². The SMILES string of the molecule is CCN(Cc1ccccc1)C1=C(c2ccc(NC(C)=O)cc2)C(=O)N(c2ccccc2)C1=O. The summed E-state index contributed by atoms with van der Waals surface area (Å²) in [7, 11) is 0. The van der Waals surface area contributed by atoms with Crippen molar-refractivity contribution in [2.45, 2.75) is 20.4 Å². The Labute approximate surface area is 193 Å². The minimum absolute atomic E-state index is 0.176. The van der Waals surface area contributed by atoms with E-state index < -0.39 is 0 Å². The van der Waals surface area contributed by atoms with Crippen LogP contribution in [0.15, 0.2) is 90.6 Å². The molecule has 0 fully saturated rings. The van der Waals surface area contributed by atoms with Gasteiger partial charge in [0.05, 0.1) is 11.3 Å². The third-order valence-electron chi connectivity index (χ3n) is 5.48. The molecular formula is C27H25N3O3. The first kappa shape index (κ1) is 22.0. The number of nitrogens with zero attached hydrogens (tertiary/aromatic N) is 2. The van der Waals surface area contributed by atoms with Gasteiger partial charge >= 0.3 is 0 Å². The molecule has 0 spiro atoms. The molecule has 0 unspecified atom stereocenters. The molecule has 6 heteroatoms. The highest BCUT2D eigenvalue weighted by molar-refractivity contribution is 6.45. The number of imide groups is 1. The molecule has 1 heterocycles. The average Bonchev–Trinajstić information content (AvgIpc) is 3.08. The molecule has 3 aromatic rings. The van der Waals surface area contributed by atoms with Crippen LogP contribution in [-0.2, 0) is 20.9 Å². The second kappa shape index (κ2) is 9.53. The number of hydrogen-bond acceptors (Lipinski definition) is 4. The predicted molar refractivity (Wildman–Crippen MR) is 129 cm³/mol. The Balaban J connectivity index is 1.80. The number of likely N-dealkylation sites (N-methyl/N-ethyl adjacent to an activating group) is 1. The zero-order valence-corrected chi connectivity index (χ0v) is 18.6. The topological polar surface area (TPSA) is 69.7 Å². The molecule has 6 nitrogen and oxygen atoms in total. The van der Waals surface area contributed by atoms with E-state index in [9.17, 15) is 14.4 Å². The standard InChI is InChI=1S/C27H25N3O3/c1-3-29(18-20-10-6-4-7-11-20)25-24(21-14-16-22(17-15-21)28-19(2)31)26(32)30(27(25)33)23-12-8-5-9-13-23/h4-17H,3,18H2,1-2H3,(H,28,31). The van der Waals surface area contributed by atoms with Crippen LogP contribution in [0.5, 0.6) is 0 Å². The van der Waals surface area contributed by atoms with Crippen molar-refractivity contribution in [2.24, 2.45) is 0 Å². The van der Waals surface area contributed by atoms with Crippen LogP contribution >= 0.6 is 0 Å². The van der Waals surface area contributed by atoms with E-state index in [1.807, 2.05) is 48.2 Å². The fourth-order valence-corrected chi connectivity index (χ4v) is 3.96. The zero-order valence-electron chi connectivity index (χ0n) is 18.6. The molecule has 4 rings (SSSR count). The van der Waals surface area contributed by atoms with Gasteiger partial charge in [-0.25, -0.2) is 4.90 Å². The van der Waals surface area contributed by atoms with Crippen LogP contribution in [0.25, 0.3) is 5.57 Å². The molecule has 1 aliphatic heterocycles. The van der Waals surface area contributed by atoms with Crippen LogP contribution in [0.4, 0.5) is 11.4 Å². The van der Waals surface area contributed by atoms with Crippen molar-refractivity contribution in [2.75, 3.05) is 16.8 Å². The summed E-state index contributed by atoms with van der Waals surface area (Å²) in [4.78, 5) is 41.8. The van der Waals surface area contributed by atoms with E-state index >= 15 is 0 Å². The lowest BCUT2D eigenvalue weighted by Gasteiger charge is -2.25. The number of nitrogens with one attached hydrogen (secondary N) is 1. The van der Waals surface area contributed by atoms with Gasteiger partial charge in [0.25, 0.3) is 11.8 Å². The van der Waals surface area contributed by atoms with Crippen LogP contribution in [0.2, 0.25) is 0 Å². The fourth-order valence-electron chi connectivity index (χ4n) is 3.96. The monoisotopic (exact) mass is 439 g/mol. The number of anilines is 2. The maximum absolute atomic E-state index is 13.7. The minimum atomic E-state index is -0.361. The Bertz CT molecular complexity index is 1200. The van der Waals surface area contributed by atoms with E-state index in [4.69, 9.17) is 0 Å². The van der Waals surface area contributed by atoms with Gasteiger partial charge in [-0.3, -0.25) is 14.4 Å². The lowest BCUT2D eigenvalue weighted by atomic mass is 10.0. The molecule has 3 amide bonds. The summed E-state index contributed by atoms with van der Waals surface area (Å²) in [6.07, 6.45) is 0. The Morgan fingerprint density at radius 1 is 0.848 bits per heavy atom. The van der Waals surface area contributed by atoms with Gasteiger partial charge in [0, 0.05) is 25.7 Å². The van der Waals surface area contributed by atoms with E-state index in [0.29, 0.717) is 41.3 Å². The van der Waals surface area contributed by atoms with Gasteiger partial charge in [0.1, 0.15) is 5.70 Å². The first-order chi connectivity index (χ1) is 16.0. The van der Waals surface area contributed by atoms with Crippen LogP contribution in [0.1, 0.15) is 25.0 Å². The number of carbonyl (C=O) groups is 3. The molecule has 0 saturated carbocycles. The molecule has 166 valence electrons. The summed E-state index contributed by atoms with van der Waals surface area (Å²) in [6, 6.07) is 25.8. The minimum Gasteiger partial charge on any atom is -0.362 e. The third kappa shape index (κ3) is 4.55. The zero-order chi connectivity index (χ0) is 23.4. The van der Waals surface area contributed by atoms with Crippen molar-refractivity contribution in [3.63, 3.8) is 0 Å². The quantitative estimate of drug-likeness (QED) is 0.552. The summed E-state index contributed by atoms with van der Waals surface area (Å²) in [6.45, 7) is 4.46. The first-order valence-electron chi connectivity index (χ1n) is 10.8. The Morgan fingerprint density at radius 3 is 2.03 bits per heavy atom. The van der Waals surface area contributed by atoms with Gasteiger partial charge in [0.2, 0.25) is 5.91 Å². The molecule has 0 aliphatic carbocycles. The molecule has 0 aromatic heterocycles. The van der Waals surface area contributed by atoms with Crippen molar-refractivity contribution in [1.82, 2.24) is 4.90 Å². The Hall–Kier alpha value is -4.19. The van der Waals surface area contributed by atoms with Crippen molar-refractivity contribution in [3.05, 3.63) is 102 Å². The predicted octanol–water partition coefficient (Wildman–Crippen LogP) is 4.45. The van der Waals surface area contributed by atoms with Gasteiger partial charge in [-0.2, -0.15) is 0 Å². The van der Waals surface area contributed by atoms with E-state index in [0.717, 1.165) is 5.56 Å². The number of para-hydroxylation sites is 1. The Morgan fingerprint density at radius 2 is 1.45 bits per heavy atom. The number of benzene rings is 3. The maximum Gasteiger partial charge on any atom is 0.282 e. The molecular weight excluding hydrogens is 414 g/mol. The van der Waals surface area contributed by atoms with Gasteiger partial charge in [-0.15, -0.1) is 0 Å². The molecule has 0 radical (unpaired) electrons. The second-order valence-corrected chi connectivity index (χ2v) is 7.76. The number of rotatable bonds is 7. The molecule has 0 saturated heterocycles. The lowest BCUT2D eigenvalue weighted by molar-refractivity contribution is -0.121. The summed E-state index contributed by atoms with van der Waals surface area (Å²) in [5, 5.41) is 2.73. The average molecular weight is 440 g/mol. The first-order valence-corrected chi connectivity index (χ1v) is 10.8. The van der Waals surface area contributed by atoms with Crippen LogP contribution in [-0.4, -0.2) is 29.2 Å². The van der Waals surface area contributed by atoms with E-state index in [-0.39, 0.29) is 17.7 Å². The van der Waals surface area contributed by atoms with Gasteiger partial charge in [-0.05, 0) is 42.3 Å². The molecule has 1 N–H and O–H groups in total. The molecule has 0 bridgehead atoms. The van der Waals surface area contributed by atoms with Crippen molar-refractivity contribution < 1.29 is 14.4 Å². The largest absolute Gasteiger partial charge is 0.362 e. The summed E-state index contributed by atoms with van der Waals surface area (Å²) in [5.74, 6) is -0.880. The molecule has 1 aliphatic rings. The van der Waals surface area contributed by atoms with E-state index in [1.54, 1.807) is 48.5 Å². The lowest BCUT2D eigenvalue weighted by Crippen LogP contribution is -2.35. The van der Waals surface area contributed by atoms with Crippen molar-refractivity contribution in [3.8, 4) is 0 Å². The van der Waals surface area contributed by atoms with Crippen LogP contribution < -0.4 is 10.2 Å². The Kier molecular flexibility index (Phi) is 6.36. The number of amides is 3. The van der Waals surface area contributed by atoms with E-state index in [1.165, 1.54) is 11.8 Å². The van der Waals surface area contributed by atoms with E-state index in [2.05, 4.69) is 5.32 Å². The molecule has 33 heavy (non-hydrogen) atoms. The van der Waals surface area contributed by atoms with Crippen molar-refractivity contribution >= 4 is 34.7 Å². The highest BCUT2D eigenvalue weighted by Gasteiger charge is 2.42. The molecule has 0 atom stereocenters. The fraction of sp³-hybridized carbons (Fsp3) is 0.148. The summed E-state index contributed by atoms with van der Waals surface area (Å²) >= 11 is 0. The normalized spacial score (nSPS) is 13.5. The van der Waals surface area contributed by atoms with Gasteiger partial charge < -0.3 is 10.2 Å². The van der Waals surface area contributed by atoms with Crippen LogP contribution in [0.3, 0.4) is 0 Å². The third-order valence-corrected chi connectivity index (χ3v) is 5.48. The maximum atomic E-state index is 13.7. The second-order valence-electron chi connectivity index (χ2n) is 7.76. The smallest absolute Gasteiger partial charge is 0.282 e. The van der Waals surface area contributed by atoms with Crippen LogP contribution in [0, 0.1) is 0 Å². The summed E-state index contributed by atoms with van der Waals surface area (Å²) in [5.41, 5.74) is 3.57. The highest BCUT2D eigenvalue weighted by atomic mass is 16.2. The number of carbonyl (C=O) groups excluding carboxylic acids is 3. The summed E-state index contributed by atoms with van der Waals surface area (Å²) < 4.78 is 0. The highest BCUT2D eigenvalue weighted by Crippen LogP contribution is 2.35. The van der Waals surface area contributed by atoms with Gasteiger partial charge in [-0.1, -0.05) is 60.7 Å².